The second-order valence-corrected chi connectivity index (χ2v) is 9.16. The van der Waals surface area contributed by atoms with Crippen LogP contribution in [0.4, 0.5) is 0 Å². The van der Waals surface area contributed by atoms with Crippen molar-refractivity contribution in [2.24, 2.45) is 5.92 Å². The van der Waals surface area contributed by atoms with Crippen LogP contribution in [-0.4, -0.2) is 68.9 Å². The van der Waals surface area contributed by atoms with Crippen molar-refractivity contribution >= 4 is 35.8 Å². The highest BCUT2D eigenvalue weighted by Crippen LogP contribution is 2.36. The van der Waals surface area contributed by atoms with Crippen LogP contribution in [-0.2, 0) is 24.4 Å². The van der Waals surface area contributed by atoms with Gasteiger partial charge in [0.1, 0.15) is 0 Å². The zero-order chi connectivity index (χ0) is 20.8. The van der Waals surface area contributed by atoms with E-state index in [4.69, 9.17) is 4.74 Å². The van der Waals surface area contributed by atoms with Crippen LogP contribution in [0.1, 0.15) is 29.3 Å². The van der Waals surface area contributed by atoms with Gasteiger partial charge in [0.25, 0.3) is 5.56 Å². The van der Waals surface area contributed by atoms with Crippen molar-refractivity contribution in [3.05, 3.63) is 57.8 Å². The first-order valence-electron chi connectivity index (χ1n) is 11.3. The molecule has 0 spiro atoms. The summed E-state index contributed by atoms with van der Waals surface area (Å²) in [6.07, 6.45) is 2.95. The van der Waals surface area contributed by atoms with Gasteiger partial charge in [0, 0.05) is 74.6 Å². The van der Waals surface area contributed by atoms with Gasteiger partial charge in [0.2, 0.25) is 0 Å². The molecule has 0 radical (unpaired) electrons. The molecule has 10 heteroatoms. The van der Waals surface area contributed by atoms with E-state index in [0.29, 0.717) is 11.8 Å². The third kappa shape index (κ3) is 4.68. The van der Waals surface area contributed by atoms with E-state index in [-0.39, 0.29) is 30.4 Å². The van der Waals surface area contributed by atoms with E-state index in [2.05, 4.69) is 47.7 Å². The van der Waals surface area contributed by atoms with Crippen molar-refractivity contribution in [3.8, 4) is 0 Å². The standard InChI is InChI=1S/C23H28N6O2.2ClH/c30-23-17(13-27-6-8-31-9-7-27)3-4-21-18-10-16(12-29(21)23)11-28(14-18)15-20-19-2-1-5-24-22(19)26-25-20;;/h1-5,16,18H,6-15H2,(H,24,25,26);2*1H/t16-,18+;;/m0../s1. The van der Waals surface area contributed by atoms with Gasteiger partial charge in [-0.25, -0.2) is 4.98 Å². The van der Waals surface area contributed by atoms with Gasteiger partial charge in [0.05, 0.1) is 18.9 Å². The summed E-state index contributed by atoms with van der Waals surface area (Å²) in [7, 11) is 0. The number of nitrogens with zero attached hydrogens (tertiary/aromatic N) is 5. The number of piperidine rings is 1. The van der Waals surface area contributed by atoms with Crippen molar-refractivity contribution in [2.75, 3.05) is 39.4 Å². The van der Waals surface area contributed by atoms with E-state index in [1.54, 1.807) is 6.20 Å². The fraction of sp³-hybridized carbons (Fsp3) is 0.522. The quantitative estimate of drug-likeness (QED) is 0.602. The molecular formula is C23H30Cl2N6O2. The molecule has 33 heavy (non-hydrogen) atoms. The molecular weight excluding hydrogens is 463 g/mol. The molecule has 3 aliphatic heterocycles. The minimum Gasteiger partial charge on any atom is -0.379 e. The monoisotopic (exact) mass is 492 g/mol. The lowest BCUT2D eigenvalue weighted by atomic mass is 9.83. The number of hydrogen-bond acceptors (Lipinski definition) is 6. The molecule has 6 heterocycles. The Labute approximate surface area is 205 Å². The molecule has 0 amide bonds. The lowest BCUT2D eigenvalue weighted by Crippen LogP contribution is -2.47. The molecule has 3 aromatic heterocycles. The molecule has 178 valence electrons. The second kappa shape index (κ2) is 10.1. The summed E-state index contributed by atoms with van der Waals surface area (Å²) >= 11 is 0. The van der Waals surface area contributed by atoms with E-state index >= 15 is 0 Å². The fourth-order valence-corrected chi connectivity index (χ4v) is 5.59. The average molecular weight is 493 g/mol. The van der Waals surface area contributed by atoms with Crippen LogP contribution in [0.15, 0.2) is 35.3 Å². The molecule has 3 aliphatic rings. The Balaban J connectivity index is 0.00000130. The van der Waals surface area contributed by atoms with Crippen molar-refractivity contribution in [1.82, 2.24) is 29.5 Å². The third-order valence-corrected chi connectivity index (χ3v) is 7.05. The van der Waals surface area contributed by atoms with Crippen molar-refractivity contribution in [2.45, 2.75) is 32.0 Å². The van der Waals surface area contributed by atoms with Crippen LogP contribution >= 0.6 is 24.8 Å². The number of aromatic nitrogens is 4. The molecule has 0 saturated carbocycles. The molecule has 1 N–H and O–H groups in total. The summed E-state index contributed by atoms with van der Waals surface area (Å²) in [4.78, 5) is 22.4. The van der Waals surface area contributed by atoms with Crippen LogP contribution in [0.5, 0.6) is 0 Å². The van der Waals surface area contributed by atoms with Crippen LogP contribution in [0, 0.1) is 5.92 Å². The predicted octanol–water partition coefficient (Wildman–Crippen LogP) is 2.41. The average Bonchev–Trinajstić information content (AvgIpc) is 3.20. The summed E-state index contributed by atoms with van der Waals surface area (Å²) < 4.78 is 7.51. The van der Waals surface area contributed by atoms with Gasteiger partial charge >= 0.3 is 0 Å². The molecule has 0 aromatic carbocycles. The number of H-pyrrole nitrogens is 1. The van der Waals surface area contributed by atoms with Gasteiger partial charge < -0.3 is 9.30 Å². The first-order chi connectivity index (χ1) is 15.2. The lowest BCUT2D eigenvalue weighted by Gasteiger charge is -2.43. The highest BCUT2D eigenvalue weighted by molar-refractivity contribution is 5.85. The maximum atomic E-state index is 13.3. The Hall–Kier alpha value is -1.97. The summed E-state index contributed by atoms with van der Waals surface area (Å²) in [5.74, 6) is 0.917. The summed E-state index contributed by atoms with van der Waals surface area (Å²) in [5, 5.41) is 8.62. The largest absolute Gasteiger partial charge is 0.379 e. The van der Waals surface area contributed by atoms with E-state index in [1.807, 2.05) is 6.07 Å². The van der Waals surface area contributed by atoms with Crippen LogP contribution in [0.25, 0.3) is 11.0 Å². The number of hydrogen-bond donors (Lipinski definition) is 1. The zero-order valence-electron chi connectivity index (χ0n) is 18.5. The van der Waals surface area contributed by atoms with Gasteiger partial charge in [-0.1, -0.05) is 6.07 Å². The van der Waals surface area contributed by atoms with E-state index in [0.717, 1.165) is 81.3 Å². The topological polar surface area (TPSA) is 79.3 Å². The van der Waals surface area contributed by atoms with Gasteiger partial charge in [-0.05, 0) is 30.5 Å². The molecule has 2 atom stereocenters. The Morgan fingerprint density at radius 3 is 2.73 bits per heavy atom. The summed E-state index contributed by atoms with van der Waals surface area (Å²) in [6.45, 7) is 7.69. The number of pyridine rings is 2. The van der Waals surface area contributed by atoms with Crippen molar-refractivity contribution < 1.29 is 4.74 Å². The number of halogens is 2. The first-order valence-corrected chi connectivity index (χ1v) is 11.3. The molecule has 2 bridgehead atoms. The number of ether oxygens (including phenoxy) is 1. The lowest BCUT2D eigenvalue weighted by molar-refractivity contribution is 0.0338. The molecule has 2 fully saturated rings. The maximum Gasteiger partial charge on any atom is 0.255 e. The third-order valence-electron chi connectivity index (χ3n) is 7.05. The highest BCUT2D eigenvalue weighted by atomic mass is 35.5. The number of morpholine rings is 1. The Morgan fingerprint density at radius 2 is 1.88 bits per heavy atom. The number of likely N-dealkylation sites (tertiary alicyclic amines) is 1. The minimum atomic E-state index is 0. The van der Waals surface area contributed by atoms with E-state index < -0.39 is 0 Å². The molecule has 0 unspecified atom stereocenters. The maximum absolute atomic E-state index is 13.3. The second-order valence-electron chi connectivity index (χ2n) is 9.16. The summed E-state index contributed by atoms with van der Waals surface area (Å²) in [5.41, 5.74) is 4.23. The minimum absolute atomic E-state index is 0. The van der Waals surface area contributed by atoms with Crippen molar-refractivity contribution in [1.29, 1.82) is 0 Å². The van der Waals surface area contributed by atoms with Gasteiger partial charge in [-0.15, -0.1) is 24.8 Å². The number of nitrogens with one attached hydrogen (secondary N) is 1. The normalized spacial score (nSPS) is 22.9. The van der Waals surface area contributed by atoms with Gasteiger partial charge in [0.15, 0.2) is 5.65 Å². The SMILES string of the molecule is Cl.Cl.O=c1c(CN2CCOCC2)ccc2n1C[C@H]1C[C@@H]2CN(Cc2[nH]nc3ncccc23)C1. The van der Waals surface area contributed by atoms with Gasteiger partial charge in [-0.3, -0.25) is 19.7 Å². The zero-order valence-corrected chi connectivity index (χ0v) is 20.1. The molecule has 3 aromatic rings. The highest BCUT2D eigenvalue weighted by Gasteiger charge is 2.35. The molecule has 8 nitrogen and oxygen atoms in total. The van der Waals surface area contributed by atoms with Crippen LogP contribution in [0.2, 0.25) is 0 Å². The smallest absolute Gasteiger partial charge is 0.255 e. The predicted molar refractivity (Wildman–Crippen MR) is 131 cm³/mol. The number of rotatable bonds is 4. The fourth-order valence-electron chi connectivity index (χ4n) is 5.59. The summed E-state index contributed by atoms with van der Waals surface area (Å²) in [6, 6.07) is 8.31. The van der Waals surface area contributed by atoms with Crippen LogP contribution < -0.4 is 5.56 Å². The van der Waals surface area contributed by atoms with E-state index in [9.17, 15) is 4.79 Å². The Morgan fingerprint density at radius 1 is 1.03 bits per heavy atom. The Bertz CT molecular complexity index is 1160. The molecule has 2 saturated heterocycles. The molecule has 6 rings (SSSR count). The molecule has 0 aliphatic carbocycles. The van der Waals surface area contributed by atoms with Gasteiger partial charge in [-0.2, -0.15) is 5.10 Å². The Kier molecular flexibility index (Phi) is 7.40. The number of aromatic amines is 1. The van der Waals surface area contributed by atoms with Crippen molar-refractivity contribution in [3.63, 3.8) is 0 Å². The van der Waals surface area contributed by atoms with Crippen LogP contribution in [0.3, 0.4) is 0 Å². The van der Waals surface area contributed by atoms with E-state index in [1.165, 1.54) is 12.1 Å². The first kappa shape index (κ1) is 24.2. The number of fused-ring (bicyclic) bond motifs is 5.